The first kappa shape index (κ1) is 17.3. The van der Waals surface area contributed by atoms with Gasteiger partial charge in [-0.1, -0.05) is 0 Å². The highest BCUT2D eigenvalue weighted by Crippen LogP contribution is 2.38. The number of benzene rings is 1. The summed E-state index contributed by atoms with van der Waals surface area (Å²) in [6, 6.07) is 6.17. The predicted octanol–water partition coefficient (Wildman–Crippen LogP) is 3.67. The Hall–Kier alpha value is -2.56. The minimum absolute atomic E-state index is 0.0103. The highest BCUT2D eigenvalue weighted by Gasteiger charge is 2.37. The van der Waals surface area contributed by atoms with Gasteiger partial charge in [0.05, 0.1) is 14.2 Å². The first-order valence-electron chi connectivity index (χ1n) is 6.81. The zero-order valence-corrected chi connectivity index (χ0v) is 14.5. The molecule has 0 saturated carbocycles. The monoisotopic (exact) mass is 417 g/mol. The molecule has 0 amide bonds. The molecule has 1 aromatic carbocycles. The molecule has 25 heavy (non-hydrogen) atoms. The number of anilines is 2. The minimum Gasteiger partial charge on any atom is -0.495 e. The second kappa shape index (κ2) is 6.39. The molecule has 0 bridgehead atoms. The van der Waals surface area contributed by atoms with Crippen LogP contribution >= 0.6 is 15.9 Å². The molecule has 0 unspecified atom stereocenters. The first-order chi connectivity index (χ1) is 11.8. The molecule has 2 aromatic heterocycles. The van der Waals surface area contributed by atoms with Crippen LogP contribution in [0.5, 0.6) is 11.5 Å². The third kappa shape index (κ3) is 3.31. The van der Waals surface area contributed by atoms with E-state index < -0.39 is 12.0 Å². The van der Waals surface area contributed by atoms with Crippen LogP contribution in [0, 0.1) is 0 Å². The molecular formula is C14H11BrF3N5O2. The second-order valence-electron chi connectivity index (χ2n) is 4.83. The maximum absolute atomic E-state index is 12.9. The van der Waals surface area contributed by atoms with E-state index in [9.17, 15) is 13.2 Å². The van der Waals surface area contributed by atoms with Crippen LogP contribution in [0.2, 0.25) is 0 Å². The predicted molar refractivity (Wildman–Crippen MR) is 86.3 cm³/mol. The van der Waals surface area contributed by atoms with Crippen molar-refractivity contribution in [3.05, 3.63) is 34.6 Å². The van der Waals surface area contributed by atoms with E-state index in [1.54, 1.807) is 12.1 Å². The molecule has 3 rings (SSSR count). The third-order valence-electron chi connectivity index (χ3n) is 3.23. The lowest BCUT2D eigenvalue weighted by Crippen LogP contribution is -2.13. The van der Waals surface area contributed by atoms with Crippen LogP contribution < -0.4 is 14.8 Å². The quantitative estimate of drug-likeness (QED) is 0.697. The Labute approximate surface area is 147 Å². The van der Waals surface area contributed by atoms with Gasteiger partial charge in [0.15, 0.2) is 11.5 Å². The molecule has 0 aliphatic heterocycles. The number of hydrogen-bond acceptors (Lipinski definition) is 6. The summed E-state index contributed by atoms with van der Waals surface area (Å²) in [4.78, 5) is 0. The van der Waals surface area contributed by atoms with Crippen molar-refractivity contribution in [2.75, 3.05) is 19.5 Å². The van der Waals surface area contributed by atoms with Crippen molar-refractivity contribution < 1.29 is 22.6 Å². The van der Waals surface area contributed by atoms with E-state index in [0.717, 1.165) is 0 Å². The van der Waals surface area contributed by atoms with Gasteiger partial charge in [-0.05, 0) is 28.1 Å². The van der Waals surface area contributed by atoms with E-state index in [-0.39, 0.29) is 11.5 Å². The van der Waals surface area contributed by atoms with Crippen LogP contribution in [0.15, 0.2) is 28.7 Å². The first-order valence-corrected chi connectivity index (χ1v) is 7.61. The van der Waals surface area contributed by atoms with Crippen LogP contribution in [-0.4, -0.2) is 34.0 Å². The summed E-state index contributed by atoms with van der Waals surface area (Å²) in [6.45, 7) is 0. The molecule has 0 spiro atoms. The van der Waals surface area contributed by atoms with E-state index in [0.29, 0.717) is 26.2 Å². The number of nitrogens with zero attached hydrogens (tertiary/aromatic N) is 4. The average molecular weight is 418 g/mol. The lowest BCUT2D eigenvalue weighted by atomic mass is 10.2. The molecule has 0 fully saturated rings. The van der Waals surface area contributed by atoms with Crippen molar-refractivity contribution in [2.24, 2.45) is 0 Å². The van der Waals surface area contributed by atoms with E-state index in [2.05, 4.69) is 36.5 Å². The van der Waals surface area contributed by atoms with Gasteiger partial charge in [-0.15, -0.1) is 15.3 Å². The van der Waals surface area contributed by atoms with Crippen LogP contribution in [-0.2, 0) is 6.18 Å². The van der Waals surface area contributed by atoms with Crippen LogP contribution in [0.4, 0.5) is 24.7 Å². The molecule has 0 aliphatic rings. The average Bonchev–Trinajstić information content (AvgIpc) is 2.99. The Bertz CT molecular complexity index is 903. The molecule has 0 atom stereocenters. The Morgan fingerprint density at radius 3 is 2.28 bits per heavy atom. The van der Waals surface area contributed by atoms with Crippen LogP contribution in [0.1, 0.15) is 5.82 Å². The highest BCUT2D eigenvalue weighted by atomic mass is 79.9. The van der Waals surface area contributed by atoms with Crippen molar-refractivity contribution in [3.8, 4) is 11.5 Å². The Kier molecular flexibility index (Phi) is 4.41. The van der Waals surface area contributed by atoms with Gasteiger partial charge in [-0.25, -0.2) is 0 Å². The number of nitrogens with one attached hydrogen (secondary N) is 1. The molecule has 132 valence electrons. The number of fused-ring (bicyclic) bond motifs is 1. The Balaban J connectivity index is 2.01. The number of ether oxygens (including phenoxy) is 2. The lowest BCUT2D eigenvalue weighted by molar-refractivity contribution is -0.146. The number of hydrogen-bond donors (Lipinski definition) is 1. The molecule has 1 N–H and O–H groups in total. The lowest BCUT2D eigenvalue weighted by Gasteiger charge is -2.13. The van der Waals surface area contributed by atoms with Gasteiger partial charge in [0.2, 0.25) is 0 Å². The largest absolute Gasteiger partial charge is 0.495 e. The summed E-state index contributed by atoms with van der Waals surface area (Å²) in [5.74, 6) is -0.0484. The fraction of sp³-hybridized carbons (Fsp3) is 0.214. The highest BCUT2D eigenvalue weighted by molar-refractivity contribution is 9.10. The van der Waals surface area contributed by atoms with Gasteiger partial charge < -0.3 is 14.8 Å². The Morgan fingerprint density at radius 1 is 1.08 bits per heavy atom. The molecule has 0 aliphatic carbocycles. The fourth-order valence-corrected chi connectivity index (χ4v) is 2.67. The molecule has 2 heterocycles. The molecule has 0 saturated heterocycles. The number of aromatic nitrogens is 4. The van der Waals surface area contributed by atoms with E-state index >= 15 is 0 Å². The number of halogens is 4. The van der Waals surface area contributed by atoms with Gasteiger partial charge in [-0.2, -0.15) is 17.7 Å². The molecular weight excluding hydrogens is 407 g/mol. The fourth-order valence-electron chi connectivity index (χ4n) is 2.12. The SMILES string of the molecule is COc1cc(Nc2ccc3nnc(C(F)(F)F)n3n2)cc(OC)c1Br. The summed E-state index contributed by atoms with van der Waals surface area (Å²) < 4.78 is 50.5. The topological polar surface area (TPSA) is 73.6 Å². The summed E-state index contributed by atoms with van der Waals surface area (Å²) >= 11 is 3.34. The zero-order chi connectivity index (χ0) is 18.2. The Morgan fingerprint density at radius 2 is 1.72 bits per heavy atom. The summed E-state index contributed by atoms with van der Waals surface area (Å²) in [5.41, 5.74) is 0.509. The smallest absolute Gasteiger partial charge is 0.453 e. The minimum atomic E-state index is -4.66. The maximum atomic E-state index is 12.9. The number of alkyl halides is 3. The van der Waals surface area contributed by atoms with Crippen molar-refractivity contribution in [3.63, 3.8) is 0 Å². The van der Waals surface area contributed by atoms with E-state index in [1.165, 1.54) is 26.4 Å². The molecule has 11 heteroatoms. The summed E-state index contributed by atoms with van der Waals surface area (Å²) in [5, 5.41) is 13.4. The van der Waals surface area contributed by atoms with Crippen molar-refractivity contribution in [2.45, 2.75) is 6.18 Å². The molecule has 0 radical (unpaired) electrons. The van der Waals surface area contributed by atoms with Crippen molar-refractivity contribution >= 4 is 33.1 Å². The van der Waals surface area contributed by atoms with Crippen LogP contribution in [0.25, 0.3) is 5.65 Å². The van der Waals surface area contributed by atoms with E-state index in [1.807, 2.05) is 0 Å². The van der Waals surface area contributed by atoms with Crippen LogP contribution in [0.3, 0.4) is 0 Å². The van der Waals surface area contributed by atoms with Gasteiger partial charge in [0.25, 0.3) is 5.82 Å². The number of methoxy groups -OCH3 is 2. The normalized spacial score (nSPS) is 11.6. The van der Waals surface area contributed by atoms with Gasteiger partial charge in [0, 0.05) is 17.8 Å². The molecule has 3 aromatic rings. The van der Waals surface area contributed by atoms with Crippen molar-refractivity contribution in [1.29, 1.82) is 0 Å². The van der Waals surface area contributed by atoms with Gasteiger partial charge >= 0.3 is 6.18 Å². The third-order valence-corrected chi connectivity index (χ3v) is 4.02. The standard InChI is InChI=1S/C14H11BrF3N5O2/c1-24-8-5-7(6-9(25-2)12(8)15)19-10-3-4-11-20-21-13(14(16,17)18)23(11)22-10/h3-6H,1-2H3,(H,19,22). The number of rotatable bonds is 4. The van der Waals surface area contributed by atoms with Gasteiger partial charge in [-0.3, -0.25) is 0 Å². The van der Waals surface area contributed by atoms with E-state index in [4.69, 9.17) is 9.47 Å². The second-order valence-corrected chi connectivity index (χ2v) is 5.62. The molecule has 7 nitrogen and oxygen atoms in total. The summed E-state index contributed by atoms with van der Waals surface area (Å²) in [6.07, 6.45) is -4.66. The summed E-state index contributed by atoms with van der Waals surface area (Å²) in [7, 11) is 2.97. The van der Waals surface area contributed by atoms with Crippen molar-refractivity contribution in [1.82, 2.24) is 19.8 Å². The van der Waals surface area contributed by atoms with Gasteiger partial charge in [0.1, 0.15) is 16.0 Å². The maximum Gasteiger partial charge on any atom is 0.453 e. The zero-order valence-electron chi connectivity index (χ0n) is 12.9.